The largest absolute Gasteiger partial charge is 0.489 e. The van der Waals surface area contributed by atoms with Gasteiger partial charge in [0.15, 0.2) is 0 Å². The molecule has 4 nitrogen and oxygen atoms in total. The fourth-order valence-corrected chi connectivity index (χ4v) is 1.31. The van der Waals surface area contributed by atoms with Crippen molar-refractivity contribution in [3.8, 4) is 5.75 Å². The summed E-state index contributed by atoms with van der Waals surface area (Å²) in [6, 6.07) is 6.82. The third-order valence-corrected chi connectivity index (χ3v) is 2.15. The highest BCUT2D eigenvalue weighted by Crippen LogP contribution is 2.27. The van der Waals surface area contributed by atoms with Gasteiger partial charge in [-0.25, -0.2) is 0 Å². The van der Waals surface area contributed by atoms with Gasteiger partial charge >= 0.3 is 0 Å². The molecule has 0 bridgehead atoms. The summed E-state index contributed by atoms with van der Waals surface area (Å²) in [5.41, 5.74) is 0.450. The number of rotatable bonds is 6. The monoisotopic (exact) mass is 224 g/mol. The Morgan fingerprint density at radius 1 is 1.31 bits per heavy atom. The quantitative estimate of drug-likeness (QED) is 0.620. The van der Waals surface area contributed by atoms with Gasteiger partial charge < -0.3 is 20.1 Å². The molecule has 0 spiro atoms. The molecule has 88 valence electrons. The summed E-state index contributed by atoms with van der Waals surface area (Å²) in [7, 11) is 0. The zero-order valence-electron chi connectivity index (χ0n) is 8.91. The molecule has 3 N–H and O–H groups in total. The third kappa shape index (κ3) is 3.06. The van der Waals surface area contributed by atoms with Gasteiger partial charge in [0.2, 0.25) is 0 Å². The van der Waals surface area contributed by atoms with Crippen LogP contribution < -0.4 is 4.74 Å². The Balaban J connectivity index is 2.88. The predicted molar refractivity (Wildman–Crippen MR) is 60.2 cm³/mol. The number of hydrogen-bond donors (Lipinski definition) is 3. The second-order valence-electron chi connectivity index (χ2n) is 3.33. The van der Waals surface area contributed by atoms with Gasteiger partial charge in [-0.3, -0.25) is 0 Å². The lowest BCUT2D eigenvalue weighted by molar-refractivity contribution is -0.0163. The van der Waals surface area contributed by atoms with Crippen LogP contribution in [0.1, 0.15) is 11.7 Å². The molecule has 0 amide bonds. The number of benzene rings is 1. The number of ether oxygens (including phenoxy) is 1. The zero-order valence-corrected chi connectivity index (χ0v) is 8.91. The molecule has 0 aliphatic carbocycles. The maximum Gasteiger partial charge on any atom is 0.125 e. The minimum absolute atomic E-state index is 0.318. The molecule has 0 aliphatic heterocycles. The van der Waals surface area contributed by atoms with E-state index < -0.39 is 18.8 Å². The molecule has 4 heteroatoms. The normalized spacial score (nSPS) is 14.2. The van der Waals surface area contributed by atoms with Crippen LogP contribution in [0.15, 0.2) is 36.9 Å². The van der Waals surface area contributed by atoms with Crippen LogP contribution in [0, 0.1) is 0 Å². The van der Waals surface area contributed by atoms with E-state index in [1.807, 2.05) is 0 Å². The topological polar surface area (TPSA) is 69.9 Å². The Bertz CT molecular complexity index is 338. The maximum absolute atomic E-state index is 9.75. The number of hydrogen-bond acceptors (Lipinski definition) is 4. The van der Waals surface area contributed by atoms with E-state index in [0.717, 1.165) is 0 Å². The smallest absolute Gasteiger partial charge is 0.125 e. The molecule has 0 aliphatic rings. The lowest BCUT2D eigenvalue weighted by atomic mass is 10.0. The van der Waals surface area contributed by atoms with Crippen LogP contribution in [0.25, 0.3) is 0 Å². The Morgan fingerprint density at radius 3 is 2.62 bits per heavy atom. The average molecular weight is 224 g/mol. The lowest BCUT2D eigenvalue weighted by Crippen LogP contribution is -2.22. The summed E-state index contributed by atoms with van der Waals surface area (Å²) < 4.78 is 5.33. The molecule has 0 aromatic heterocycles. The second kappa shape index (κ2) is 6.27. The van der Waals surface area contributed by atoms with Gasteiger partial charge in [-0.1, -0.05) is 30.9 Å². The van der Waals surface area contributed by atoms with Gasteiger partial charge in [0.1, 0.15) is 24.6 Å². The summed E-state index contributed by atoms with van der Waals surface area (Å²) in [4.78, 5) is 0. The van der Waals surface area contributed by atoms with Crippen molar-refractivity contribution in [1.29, 1.82) is 0 Å². The Labute approximate surface area is 94.4 Å². The Hall–Kier alpha value is -1.36. The minimum Gasteiger partial charge on any atom is -0.489 e. The van der Waals surface area contributed by atoms with Crippen molar-refractivity contribution in [2.75, 3.05) is 13.2 Å². The molecular formula is C12H16O4. The van der Waals surface area contributed by atoms with E-state index in [-0.39, 0.29) is 0 Å². The summed E-state index contributed by atoms with van der Waals surface area (Å²) >= 11 is 0. The van der Waals surface area contributed by atoms with Crippen molar-refractivity contribution in [3.63, 3.8) is 0 Å². The van der Waals surface area contributed by atoms with Crippen LogP contribution >= 0.6 is 0 Å². The van der Waals surface area contributed by atoms with Crippen LogP contribution in [0.5, 0.6) is 5.75 Å². The summed E-state index contributed by atoms with van der Waals surface area (Å²) in [5, 5.41) is 27.9. The van der Waals surface area contributed by atoms with Gasteiger partial charge in [-0.2, -0.15) is 0 Å². The molecule has 0 radical (unpaired) electrons. The van der Waals surface area contributed by atoms with Crippen molar-refractivity contribution < 1.29 is 20.1 Å². The van der Waals surface area contributed by atoms with Gasteiger partial charge in [-0.05, 0) is 6.07 Å². The first kappa shape index (κ1) is 12.7. The van der Waals surface area contributed by atoms with Crippen LogP contribution in [0.4, 0.5) is 0 Å². The first-order chi connectivity index (χ1) is 7.70. The summed E-state index contributed by atoms with van der Waals surface area (Å²) in [6.45, 7) is 3.34. The number of para-hydroxylation sites is 1. The van der Waals surface area contributed by atoms with Gasteiger partial charge in [0.05, 0.1) is 6.61 Å². The SMILES string of the molecule is C=CCOc1ccccc1C(O)C(O)CO. The first-order valence-electron chi connectivity index (χ1n) is 5.00. The third-order valence-electron chi connectivity index (χ3n) is 2.15. The first-order valence-corrected chi connectivity index (χ1v) is 5.00. The average Bonchev–Trinajstić information content (AvgIpc) is 2.34. The molecule has 0 saturated carbocycles. The van der Waals surface area contributed by atoms with Gasteiger partial charge in [0, 0.05) is 5.56 Å². The van der Waals surface area contributed by atoms with E-state index in [4.69, 9.17) is 9.84 Å². The van der Waals surface area contributed by atoms with E-state index in [9.17, 15) is 10.2 Å². The molecule has 0 heterocycles. The zero-order chi connectivity index (χ0) is 12.0. The van der Waals surface area contributed by atoms with Crippen molar-refractivity contribution >= 4 is 0 Å². The van der Waals surface area contributed by atoms with E-state index in [2.05, 4.69) is 6.58 Å². The highest BCUT2D eigenvalue weighted by atomic mass is 16.5. The molecular weight excluding hydrogens is 208 g/mol. The van der Waals surface area contributed by atoms with E-state index in [1.165, 1.54) is 0 Å². The van der Waals surface area contributed by atoms with Crippen LogP contribution in [0.3, 0.4) is 0 Å². The molecule has 2 atom stereocenters. The minimum atomic E-state index is -1.21. The van der Waals surface area contributed by atoms with Crippen LogP contribution in [0.2, 0.25) is 0 Å². The fraction of sp³-hybridized carbons (Fsp3) is 0.333. The molecule has 16 heavy (non-hydrogen) atoms. The van der Waals surface area contributed by atoms with E-state index in [0.29, 0.717) is 17.9 Å². The number of aliphatic hydroxyl groups is 3. The van der Waals surface area contributed by atoms with Gasteiger partial charge in [-0.15, -0.1) is 0 Å². The highest BCUT2D eigenvalue weighted by molar-refractivity contribution is 5.35. The molecule has 1 aromatic carbocycles. The Kier molecular flexibility index (Phi) is 4.98. The molecule has 0 fully saturated rings. The highest BCUT2D eigenvalue weighted by Gasteiger charge is 2.20. The van der Waals surface area contributed by atoms with E-state index >= 15 is 0 Å². The summed E-state index contributed by atoms with van der Waals surface area (Å²) in [5.74, 6) is 0.474. The standard InChI is InChI=1S/C12H16O4/c1-2-7-16-11-6-4-3-5-9(11)12(15)10(14)8-13/h2-6,10,12-15H,1,7-8H2. The van der Waals surface area contributed by atoms with Crippen LogP contribution in [-0.2, 0) is 0 Å². The molecule has 2 unspecified atom stereocenters. The van der Waals surface area contributed by atoms with Crippen molar-refractivity contribution in [1.82, 2.24) is 0 Å². The van der Waals surface area contributed by atoms with E-state index in [1.54, 1.807) is 30.3 Å². The molecule has 1 aromatic rings. The maximum atomic E-state index is 9.75. The van der Waals surface area contributed by atoms with Crippen molar-refractivity contribution in [2.24, 2.45) is 0 Å². The predicted octanol–water partition coefficient (Wildman–Crippen LogP) is 0.638. The molecule has 1 rings (SSSR count). The second-order valence-corrected chi connectivity index (χ2v) is 3.33. The van der Waals surface area contributed by atoms with Crippen molar-refractivity contribution in [2.45, 2.75) is 12.2 Å². The fourth-order valence-electron chi connectivity index (χ4n) is 1.31. The van der Waals surface area contributed by atoms with Crippen LogP contribution in [-0.4, -0.2) is 34.6 Å². The molecule has 0 saturated heterocycles. The lowest BCUT2D eigenvalue weighted by Gasteiger charge is -2.18. The number of aliphatic hydroxyl groups excluding tert-OH is 3. The van der Waals surface area contributed by atoms with Gasteiger partial charge in [0.25, 0.3) is 0 Å². The van der Waals surface area contributed by atoms with Crippen molar-refractivity contribution in [3.05, 3.63) is 42.5 Å². The summed E-state index contributed by atoms with van der Waals surface area (Å²) in [6.07, 6.45) is -0.787. The Morgan fingerprint density at radius 2 is 2.00 bits per heavy atom.